The Labute approximate surface area is 667 Å². The summed E-state index contributed by atoms with van der Waals surface area (Å²) in [5, 5.41) is 28.5. The molecule has 0 fully saturated rings. The number of halogens is 1. The number of rotatable bonds is 14. The zero-order chi connectivity index (χ0) is 75.3. The van der Waals surface area contributed by atoms with Crippen molar-refractivity contribution in [2.45, 2.75) is 7.43 Å². The smallest absolute Gasteiger partial charge is 0.423 e. The molecule has 0 saturated heterocycles. The maximum absolute atomic E-state index is 9.43. The molecule has 0 amide bonds. The third kappa shape index (κ3) is 14.7. The first kappa shape index (κ1) is 72.0. The van der Waals surface area contributed by atoms with E-state index in [4.69, 9.17) is 0 Å². The fraction of sp³-hybridized carbons (Fsp3) is 0.00952. The highest BCUT2D eigenvalue weighted by Crippen LogP contribution is 2.43. The molecule has 0 saturated carbocycles. The predicted molar refractivity (Wildman–Crippen MR) is 484 cm³/mol. The van der Waals surface area contributed by atoms with Crippen LogP contribution in [0, 0.1) is 0 Å². The molecule has 0 aliphatic rings. The van der Waals surface area contributed by atoms with E-state index in [9.17, 15) is 10.0 Å². The van der Waals surface area contributed by atoms with Gasteiger partial charge in [-0.2, -0.15) is 0 Å². The Bertz CT molecular complexity index is 6670. The van der Waals surface area contributed by atoms with E-state index < -0.39 is 7.12 Å². The van der Waals surface area contributed by atoms with Gasteiger partial charge in [-0.15, -0.1) is 0 Å². The first-order valence-electron chi connectivity index (χ1n) is 37.8. The van der Waals surface area contributed by atoms with E-state index in [2.05, 4.69) is 423 Å². The lowest BCUT2D eigenvalue weighted by Crippen LogP contribution is -2.29. The minimum Gasteiger partial charge on any atom is -0.423 e. The summed E-state index contributed by atoms with van der Waals surface area (Å²) < 4.78 is 5.62. The molecule has 8 heteroatoms. The Morgan fingerprint density at radius 2 is 0.504 bits per heavy atom. The normalized spacial score (nSPS) is 11.1. The van der Waals surface area contributed by atoms with Crippen LogP contribution >= 0.6 is 15.9 Å². The fourth-order valence-corrected chi connectivity index (χ4v) is 16.0. The van der Waals surface area contributed by atoms with Crippen molar-refractivity contribution in [2.24, 2.45) is 0 Å². The molecule has 0 radical (unpaired) electrons. The van der Waals surface area contributed by atoms with Gasteiger partial charge in [0, 0.05) is 71.5 Å². The summed E-state index contributed by atoms with van der Waals surface area (Å²) >= 11 is 3.58. The van der Waals surface area contributed by atoms with E-state index in [0.717, 1.165) is 66.1 Å². The first-order chi connectivity index (χ1) is 55.3. The molecule has 6 nitrogen and oxygen atoms in total. The standard InChI is InChI=1S/C52H36N2.C34H24BrN.C18H14BNO2.CH4/c1-3-12-37(13-4-1)38-22-29-44(30-23-38)53(46-33-26-41(27-34-46)48-20-11-15-40-14-7-8-18-47(40)48)45-31-24-39(25-32-45)42-28-35-52-50(36-42)49-19-9-10-21-51(49)54(52)43-16-5-2-6-17-43;35-29-17-23-32(24-18-29)36(30-19-13-26(14-20-30)25-7-2-1-3-8-25)31-21-15-28(16-22-31)34-12-6-10-27-9-4-5-11-33(27)34;21-19(22)13-10-11-18-16(12-13)15-8-4-5-9-17(15)20(18)14-6-2-1-3-7-14;/h1-36H;1-24H;1-12,21-22H;1H4. The molecule has 2 N–H and O–H groups in total. The number of fused-ring (bicyclic) bond motifs is 8. The summed E-state index contributed by atoms with van der Waals surface area (Å²) in [6.45, 7) is 0. The number of anilines is 6. The average molecular weight is 1520 g/mol. The van der Waals surface area contributed by atoms with Crippen molar-refractivity contribution in [1.29, 1.82) is 0 Å². The minimum atomic E-state index is -1.46. The quantitative estimate of drug-likeness (QED) is 0.107. The van der Waals surface area contributed by atoms with Crippen LogP contribution in [0.3, 0.4) is 0 Å². The zero-order valence-electron chi connectivity index (χ0n) is 61.2. The number of nitrogens with zero attached hydrogens (tertiary/aromatic N) is 4. The molecule has 0 bridgehead atoms. The SMILES string of the molecule is Brc1ccc(N(c2ccc(-c3ccccc3)cc2)c2ccc(-c3cccc4ccccc34)cc2)cc1.C.OB(O)c1ccc2c(c1)c1ccccc1n2-c1ccccc1.c1ccc(-c2ccc(N(c3ccc(-c4ccc5c(c4)c4ccccc4n5-c4ccccc4)cc3)c3ccc(-c4cccc5ccccc45)cc3)cc2)cc1. The molecule has 113 heavy (non-hydrogen) atoms. The van der Waals surface area contributed by atoms with Gasteiger partial charge in [0.2, 0.25) is 0 Å². The third-order valence-electron chi connectivity index (χ3n) is 21.2. The van der Waals surface area contributed by atoms with E-state index in [-0.39, 0.29) is 7.43 Å². The summed E-state index contributed by atoms with van der Waals surface area (Å²) in [4.78, 5) is 4.65. The summed E-state index contributed by atoms with van der Waals surface area (Å²) in [6, 6.07) is 154. The van der Waals surface area contributed by atoms with Crippen LogP contribution in [-0.2, 0) is 0 Å². The second kappa shape index (κ2) is 32.4. The van der Waals surface area contributed by atoms with Crippen molar-refractivity contribution in [1.82, 2.24) is 9.13 Å². The maximum atomic E-state index is 9.43. The van der Waals surface area contributed by atoms with Gasteiger partial charge in [-0.05, 0) is 222 Å². The molecule has 2 aromatic heterocycles. The molecule has 2 heterocycles. The van der Waals surface area contributed by atoms with Crippen molar-refractivity contribution >= 4 is 128 Å². The van der Waals surface area contributed by atoms with Crippen molar-refractivity contribution in [3.8, 4) is 67.0 Å². The van der Waals surface area contributed by atoms with Gasteiger partial charge in [0.05, 0.1) is 22.1 Å². The largest absolute Gasteiger partial charge is 0.488 e. The van der Waals surface area contributed by atoms with Gasteiger partial charge in [-0.3, -0.25) is 0 Å². The summed E-state index contributed by atoms with van der Waals surface area (Å²) in [5.41, 5.74) is 26.1. The van der Waals surface area contributed by atoms with Crippen LogP contribution in [0.25, 0.3) is 132 Å². The topological polar surface area (TPSA) is 56.8 Å². The molecule has 0 aliphatic heterocycles. The Hall–Kier alpha value is -13.9. The van der Waals surface area contributed by atoms with Crippen LogP contribution in [0.5, 0.6) is 0 Å². The Morgan fingerprint density at radius 3 is 0.903 bits per heavy atom. The lowest BCUT2D eigenvalue weighted by molar-refractivity contribution is 0.426. The molecule has 20 rings (SSSR count). The van der Waals surface area contributed by atoms with Crippen molar-refractivity contribution in [2.75, 3.05) is 9.80 Å². The molecule has 0 aliphatic carbocycles. The highest BCUT2D eigenvalue weighted by atomic mass is 79.9. The maximum Gasteiger partial charge on any atom is 0.488 e. The van der Waals surface area contributed by atoms with Gasteiger partial charge in [0.25, 0.3) is 0 Å². The molecule has 18 aromatic carbocycles. The van der Waals surface area contributed by atoms with Crippen LogP contribution in [0.2, 0.25) is 0 Å². The second-order valence-corrected chi connectivity index (χ2v) is 28.8. The monoisotopic (exact) mass is 1520 g/mol. The second-order valence-electron chi connectivity index (χ2n) is 27.9. The van der Waals surface area contributed by atoms with Crippen LogP contribution in [0.4, 0.5) is 34.1 Å². The van der Waals surface area contributed by atoms with E-state index in [1.807, 2.05) is 42.5 Å². The molecule has 540 valence electrons. The van der Waals surface area contributed by atoms with E-state index in [1.54, 1.807) is 6.07 Å². The lowest BCUT2D eigenvalue weighted by atomic mass is 9.80. The number of hydrogen-bond acceptors (Lipinski definition) is 4. The molecular formula is C105H78BBrN4O2. The number of hydrogen-bond donors (Lipinski definition) is 2. The van der Waals surface area contributed by atoms with E-state index in [0.29, 0.717) is 5.46 Å². The minimum absolute atomic E-state index is 0. The van der Waals surface area contributed by atoms with Gasteiger partial charge >= 0.3 is 7.12 Å². The average Bonchev–Trinajstić information content (AvgIpc) is 1.61. The number of para-hydroxylation sites is 4. The van der Waals surface area contributed by atoms with Gasteiger partial charge in [-0.1, -0.05) is 321 Å². The summed E-state index contributed by atoms with van der Waals surface area (Å²) in [7, 11) is -1.46. The Kier molecular flexibility index (Phi) is 20.6. The van der Waals surface area contributed by atoms with Crippen LogP contribution in [0.1, 0.15) is 7.43 Å². The number of benzene rings is 18. The third-order valence-corrected chi connectivity index (χ3v) is 21.7. The molecule has 0 spiro atoms. The molecule has 0 atom stereocenters. The lowest BCUT2D eigenvalue weighted by Gasteiger charge is -2.26. The fourth-order valence-electron chi connectivity index (χ4n) is 15.7. The summed E-state index contributed by atoms with van der Waals surface area (Å²) in [5.74, 6) is 0. The van der Waals surface area contributed by atoms with Crippen molar-refractivity contribution in [3.63, 3.8) is 0 Å². The van der Waals surface area contributed by atoms with E-state index in [1.165, 1.54) is 105 Å². The van der Waals surface area contributed by atoms with Gasteiger partial charge < -0.3 is 29.0 Å². The molecule has 0 unspecified atom stereocenters. The van der Waals surface area contributed by atoms with Crippen LogP contribution in [0.15, 0.2) is 441 Å². The molecule has 20 aromatic rings. The van der Waals surface area contributed by atoms with Gasteiger partial charge in [-0.25, -0.2) is 0 Å². The van der Waals surface area contributed by atoms with Crippen molar-refractivity contribution < 1.29 is 10.0 Å². The van der Waals surface area contributed by atoms with Crippen LogP contribution < -0.4 is 15.3 Å². The zero-order valence-corrected chi connectivity index (χ0v) is 62.8. The van der Waals surface area contributed by atoms with E-state index >= 15 is 0 Å². The van der Waals surface area contributed by atoms with Gasteiger partial charge in [0.15, 0.2) is 0 Å². The van der Waals surface area contributed by atoms with Gasteiger partial charge in [0.1, 0.15) is 0 Å². The Morgan fingerprint density at radius 1 is 0.221 bits per heavy atom. The highest BCUT2D eigenvalue weighted by Gasteiger charge is 2.21. The molecular weight excluding hydrogens is 1440 g/mol. The predicted octanol–water partition coefficient (Wildman–Crippen LogP) is 27.9. The number of aromatic nitrogens is 2. The summed E-state index contributed by atoms with van der Waals surface area (Å²) in [6.07, 6.45) is 0. The first-order valence-corrected chi connectivity index (χ1v) is 38.6. The Balaban J connectivity index is 0.000000134. The highest BCUT2D eigenvalue weighted by molar-refractivity contribution is 9.10. The van der Waals surface area contributed by atoms with Crippen LogP contribution in [-0.4, -0.2) is 26.3 Å². The van der Waals surface area contributed by atoms with Crippen molar-refractivity contribution in [3.05, 3.63) is 441 Å².